The van der Waals surface area contributed by atoms with Gasteiger partial charge in [0.15, 0.2) is 0 Å². The Kier molecular flexibility index (Phi) is 7.50. The lowest BCUT2D eigenvalue weighted by atomic mass is 9.96. The standard InChI is InChI=1S/C26H29ClN2O3S/c1-17-11-12-22(15-25(17)27)29(33(31,32)23-9-7-6-8-10-23)16-26(30)28-21(5)24-14-19(3)18(2)13-20(24)4/h6-15,21H,16H2,1-5H3,(H,28,30)/t21-/m1/s1. The average Bonchev–Trinajstić information content (AvgIpc) is 2.77. The maximum atomic E-state index is 13.5. The zero-order valence-corrected chi connectivity index (χ0v) is 21.1. The van der Waals surface area contributed by atoms with E-state index in [9.17, 15) is 13.2 Å². The number of rotatable bonds is 7. The molecule has 33 heavy (non-hydrogen) atoms. The normalized spacial score (nSPS) is 12.3. The number of aryl methyl sites for hydroxylation is 4. The van der Waals surface area contributed by atoms with Gasteiger partial charge >= 0.3 is 0 Å². The number of carbonyl (C=O) groups excluding carboxylic acids is 1. The minimum Gasteiger partial charge on any atom is -0.348 e. The van der Waals surface area contributed by atoms with Crippen LogP contribution in [0.25, 0.3) is 0 Å². The van der Waals surface area contributed by atoms with Gasteiger partial charge in [0, 0.05) is 5.02 Å². The van der Waals surface area contributed by atoms with E-state index in [4.69, 9.17) is 11.6 Å². The van der Waals surface area contributed by atoms with Gasteiger partial charge in [0.05, 0.1) is 16.6 Å². The van der Waals surface area contributed by atoms with Crippen LogP contribution < -0.4 is 9.62 Å². The van der Waals surface area contributed by atoms with Crippen LogP contribution in [0.15, 0.2) is 65.6 Å². The van der Waals surface area contributed by atoms with Crippen LogP contribution in [0.1, 0.15) is 40.8 Å². The van der Waals surface area contributed by atoms with Crippen molar-refractivity contribution in [2.24, 2.45) is 0 Å². The molecule has 0 fully saturated rings. The van der Waals surface area contributed by atoms with Gasteiger partial charge in [-0.2, -0.15) is 0 Å². The van der Waals surface area contributed by atoms with Gasteiger partial charge in [-0.1, -0.05) is 48.0 Å². The van der Waals surface area contributed by atoms with Gasteiger partial charge in [-0.25, -0.2) is 8.42 Å². The number of sulfonamides is 1. The maximum absolute atomic E-state index is 13.5. The highest BCUT2D eigenvalue weighted by Gasteiger charge is 2.28. The summed E-state index contributed by atoms with van der Waals surface area (Å²) in [5.74, 6) is -0.406. The van der Waals surface area contributed by atoms with Crippen molar-refractivity contribution < 1.29 is 13.2 Å². The Balaban J connectivity index is 1.92. The molecule has 0 saturated heterocycles. The van der Waals surface area contributed by atoms with E-state index in [1.807, 2.05) is 34.6 Å². The molecule has 0 unspecified atom stereocenters. The summed E-state index contributed by atoms with van der Waals surface area (Å²) in [6.45, 7) is 9.45. The summed E-state index contributed by atoms with van der Waals surface area (Å²) in [6, 6.07) is 16.9. The molecule has 0 heterocycles. The van der Waals surface area contributed by atoms with Crippen LogP contribution in [0.2, 0.25) is 5.02 Å². The van der Waals surface area contributed by atoms with Crippen LogP contribution in [-0.2, 0) is 14.8 Å². The van der Waals surface area contributed by atoms with Gasteiger partial charge in [-0.05, 0) is 86.7 Å². The summed E-state index contributed by atoms with van der Waals surface area (Å²) in [5.41, 5.74) is 5.55. The largest absolute Gasteiger partial charge is 0.348 e. The molecule has 3 aromatic carbocycles. The minimum absolute atomic E-state index is 0.104. The second-order valence-corrected chi connectivity index (χ2v) is 10.6. The fourth-order valence-corrected chi connectivity index (χ4v) is 5.32. The molecule has 0 aromatic heterocycles. The van der Waals surface area contributed by atoms with Crippen molar-refractivity contribution in [3.8, 4) is 0 Å². The average molecular weight is 485 g/mol. The van der Waals surface area contributed by atoms with Crippen LogP contribution in [-0.4, -0.2) is 20.9 Å². The van der Waals surface area contributed by atoms with Crippen LogP contribution in [0.4, 0.5) is 5.69 Å². The van der Waals surface area contributed by atoms with E-state index in [1.54, 1.807) is 36.4 Å². The fraction of sp³-hybridized carbons (Fsp3) is 0.269. The van der Waals surface area contributed by atoms with E-state index in [0.29, 0.717) is 10.7 Å². The molecule has 0 saturated carbocycles. The zero-order valence-electron chi connectivity index (χ0n) is 19.5. The highest BCUT2D eigenvalue weighted by atomic mass is 35.5. The summed E-state index contributed by atoms with van der Waals surface area (Å²) < 4.78 is 28.0. The Bertz CT molecular complexity index is 1270. The molecule has 0 aliphatic carbocycles. The third-order valence-corrected chi connectivity index (χ3v) is 7.98. The number of hydrogen-bond donors (Lipinski definition) is 1. The molecule has 0 aliphatic heterocycles. The Labute approximate surface area is 201 Å². The van der Waals surface area contributed by atoms with Crippen molar-refractivity contribution in [1.29, 1.82) is 0 Å². The van der Waals surface area contributed by atoms with Gasteiger partial charge in [0.25, 0.3) is 10.0 Å². The fourth-order valence-electron chi connectivity index (χ4n) is 3.72. The van der Waals surface area contributed by atoms with Crippen molar-refractivity contribution in [2.45, 2.75) is 45.6 Å². The third kappa shape index (κ3) is 5.57. The van der Waals surface area contributed by atoms with Gasteiger partial charge in [-0.3, -0.25) is 9.10 Å². The number of nitrogens with zero attached hydrogens (tertiary/aromatic N) is 1. The Morgan fingerprint density at radius 2 is 1.55 bits per heavy atom. The number of hydrogen-bond acceptors (Lipinski definition) is 3. The summed E-state index contributed by atoms with van der Waals surface area (Å²) in [6.07, 6.45) is 0. The van der Waals surface area contributed by atoms with Crippen LogP contribution in [0.3, 0.4) is 0 Å². The van der Waals surface area contributed by atoms with Gasteiger partial charge < -0.3 is 5.32 Å². The first-order valence-electron chi connectivity index (χ1n) is 10.7. The second kappa shape index (κ2) is 9.98. The number of benzene rings is 3. The van der Waals surface area contributed by atoms with Gasteiger partial charge in [-0.15, -0.1) is 0 Å². The van der Waals surface area contributed by atoms with Crippen LogP contribution in [0.5, 0.6) is 0 Å². The first-order chi connectivity index (χ1) is 15.5. The molecule has 3 rings (SSSR count). The molecule has 1 atom stereocenters. The Morgan fingerprint density at radius 3 is 2.18 bits per heavy atom. The first kappa shape index (κ1) is 24.8. The molecule has 0 aliphatic rings. The van der Waals surface area contributed by atoms with Crippen LogP contribution >= 0.6 is 11.6 Å². The lowest BCUT2D eigenvalue weighted by Crippen LogP contribution is -2.41. The summed E-state index contributed by atoms with van der Waals surface area (Å²) >= 11 is 6.28. The first-order valence-corrected chi connectivity index (χ1v) is 12.5. The number of amides is 1. The SMILES string of the molecule is Cc1cc(C)c([C@@H](C)NC(=O)CN(c2ccc(C)c(Cl)c2)S(=O)(=O)c2ccccc2)cc1C. The summed E-state index contributed by atoms with van der Waals surface area (Å²) in [7, 11) is -3.99. The summed E-state index contributed by atoms with van der Waals surface area (Å²) in [5, 5.41) is 3.39. The quantitative estimate of drug-likeness (QED) is 0.471. The van der Waals surface area contributed by atoms with E-state index in [2.05, 4.69) is 17.4 Å². The van der Waals surface area contributed by atoms with Crippen molar-refractivity contribution in [3.63, 3.8) is 0 Å². The minimum atomic E-state index is -3.99. The van der Waals surface area contributed by atoms with E-state index in [-0.39, 0.29) is 17.5 Å². The van der Waals surface area contributed by atoms with Gasteiger partial charge in [0.2, 0.25) is 5.91 Å². The predicted octanol–water partition coefficient (Wildman–Crippen LogP) is 5.65. The van der Waals surface area contributed by atoms with E-state index in [0.717, 1.165) is 26.6 Å². The van der Waals surface area contributed by atoms with E-state index in [1.165, 1.54) is 17.7 Å². The second-order valence-electron chi connectivity index (χ2n) is 8.34. The molecule has 3 aromatic rings. The van der Waals surface area contributed by atoms with Gasteiger partial charge in [0.1, 0.15) is 6.54 Å². The molecule has 5 nitrogen and oxygen atoms in total. The van der Waals surface area contributed by atoms with Crippen molar-refractivity contribution in [3.05, 3.63) is 93.5 Å². The Morgan fingerprint density at radius 1 is 0.909 bits per heavy atom. The number of carbonyl (C=O) groups is 1. The highest BCUT2D eigenvalue weighted by molar-refractivity contribution is 7.92. The molecule has 0 bridgehead atoms. The molecule has 1 N–H and O–H groups in total. The predicted molar refractivity (Wildman–Crippen MR) is 134 cm³/mol. The van der Waals surface area contributed by atoms with Crippen molar-refractivity contribution in [1.82, 2.24) is 5.32 Å². The third-order valence-electron chi connectivity index (χ3n) is 5.79. The lowest BCUT2D eigenvalue weighted by molar-refractivity contribution is -0.120. The molecule has 7 heteroatoms. The smallest absolute Gasteiger partial charge is 0.264 e. The zero-order chi connectivity index (χ0) is 24.3. The molecule has 0 spiro atoms. The maximum Gasteiger partial charge on any atom is 0.264 e. The molecular formula is C26H29ClN2O3S. The topological polar surface area (TPSA) is 66.5 Å². The van der Waals surface area contributed by atoms with E-state index < -0.39 is 15.9 Å². The molecule has 0 radical (unpaired) electrons. The van der Waals surface area contributed by atoms with Crippen LogP contribution in [0, 0.1) is 27.7 Å². The number of halogens is 1. The summed E-state index contributed by atoms with van der Waals surface area (Å²) in [4.78, 5) is 13.2. The number of nitrogens with one attached hydrogen (secondary N) is 1. The lowest BCUT2D eigenvalue weighted by Gasteiger charge is -2.26. The molecule has 1 amide bonds. The highest BCUT2D eigenvalue weighted by Crippen LogP contribution is 2.28. The molecular weight excluding hydrogens is 456 g/mol. The monoisotopic (exact) mass is 484 g/mol. The number of anilines is 1. The Hall–Kier alpha value is -2.83. The van der Waals surface area contributed by atoms with E-state index >= 15 is 0 Å². The molecule has 174 valence electrons. The van der Waals surface area contributed by atoms with Crippen molar-refractivity contribution in [2.75, 3.05) is 10.8 Å². The van der Waals surface area contributed by atoms with Crippen molar-refractivity contribution >= 4 is 33.2 Å².